The summed E-state index contributed by atoms with van der Waals surface area (Å²) in [4.78, 5) is 12.2. The fourth-order valence-electron chi connectivity index (χ4n) is 4.21. The Labute approximate surface area is 138 Å². The van der Waals surface area contributed by atoms with Crippen molar-refractivity contribution in [3.05, 3.63) is 29.8 Å². The minimum absolute atomic E-state index is 0.0488. The Morgan fingerprint density at radius 1 is 1.25 bits per heavy atom. The van der Waals surface area contributed by atoms with E-state index in [-0.39, 0.29) is 24.1 Å². The van der Waals surface area contributed by atoms with Crippen molar-refractivity contribution in [2.24, 2.45) is 17.8 Å². The van der Waals surface area contributed by atoms with Crippen molar-refractivity contribution in [2.45, 2.75) is 37.9 Å². The van der Waals surface area contributed by atoms with E-state index in [1.807, 2.05) is 0 Å². The molecule has 0 saturated heterocycles. The molecule has 2 aliphatic rings. The number of halogens is 3. The number of urea groups is 1. The minimum Gasteiger partial charge on any atom is -0.396 e. The zero-order chi connectivity index (χ0) is 17.3. The predicted molar refractivity (Wildman–Crippen MR) is 83.6 cm³/mol. The van der Waals surface area contributed by atoms with Gasteiger partial charge in [0.1, 0.15) is 0 Å². The van der Waals surface area contributed by atoms with E-state index in [4.69, 9.17) is 0 Å². The number of benzene rings is 1. The van der Waals surface area contributed by atoms with Crippen molar-refractivity contribution >= 4 is 11.7 Å². The molecule has 4 unspecified atom stereocenters. The Balaban J connectivity index is 1.60. The Morgan fingerprint density at radius 2 is 2.00 bits per heavy atom. The quantitative estimate of drug-likeness (QED) is 0.786. The number of carbonyl (C=O) groups excluding carboxylic acids is 1. The number of alkyl halides is 3. The number of carbonyl (C=O) groups is 1. The maximum Gasteiger partial charge on any atom is 0.393 e. The molecule has 0 aliphatic heterocycles. The molecule has 0 aromatic heterocycles. The van der Waals surface area contributed by atoms with Crippen LogP contribution >= 0.6 is 0 Å². The Hall–Kier alpha value is -1.76. The third-order valence-corrected chi connectivity index (χ3v) is 5.19. The van der Waals surface area contributed by atoms with Crippen molar-refractivity contribution in [3.8, 4) is 0 Å². The third-order valence-electron chi connectivity index (χ3n) is 5.19. The summed E-state index contributed by atoms with van der Waals surface area (Å²) in [6.07, 6.45) is -2.14. The normalized spacial score (nSPS) is 28.8. The van der Waals surface area contributed by atoms with Crippen LogP contribution in [0.3, 0.4) is 0 Å². The first-order chi connectivity index (χ1) is 11.4. The minimum atomic E-state index is -4.28. The number of hydrogen-bond donors (Lipinski definition) is 3. The zero-order valence-corrected chi connectivity index (χ0v) is 13.1. The summed E-state index contributed by atoms with van der Waals surface area (Å²) in [5.74, 6) is 0.918. The van der Waals surface area contributed by atoms with Crippen LogP contribution < -0.4 is 10.6 Å². The number of aliphatic hydroxyl groups excluding tert-OH is 1. The molecule has 2 bridgehead atoms. The standard InChI is InChI=1S/C17H21F3N2O2/c18-17(19,20)8-10-2-1-3-13(6-10)21-16(24)22-15-12-5-4-11(7-12)14(15)9-23/h1-3,6,11-12,14-15,23H,4-5,7-9H2,(H2,21,22,24). The van der Waals surface area contributed by atoms with Gasteiger partial charge in [0.15, 0.2) is 0 Å². The van der Waals surface area contributed by atoms with Crippen LogP contribution in [-0.2, 0) is 6.42 Å². The molecule has 2 aliphatic carbocycles. The average molecular weight is 342 g/mol. The summed E-state index contributed by atoms with van der Waals surface area (Å²) in [6, 6.07) is 5.27. The first kappa shape index (κ1) is 17.1. The van der Waals surface area contributed by atoms with Gasteiger partial charge in [-0.3, -0.25) is 0 Å². The second kappa shape index (κ2) is 6.63. The zero-order valence-electron chi connectivity index (χ0n) is 13.1. The van der Waals surface area contributed by atoms with Gasteiger partial charge >= 0.3 is 12.2 Å². The second-order valence-electron chi connectivity index (χ2n) is 6.80. The average Bonchev–Trinajstić information content (AvgIpc) is 3.06. The lowest BCUT2D eigenvalue weighted by Crippen LogP contribution is -2.46. The Morgan fingerprint density at radius 3 is 2.71 bits per heavy atom. The molecule has 3 rings (SSSR count). The van der Waals surface area contributed by atoms with Crippen LogP contribution in [0.15, 0.2) is 24.3 Å². The van der Waals surface area contributed by atoms with Crippen LogP contribution in [-0.4, -0.2) is 30.0 Å². The van der Waals surface area contributed by atoms with E-state index < -0.39 is 18.6 Å². The molecule has 7 heteroatoms. The maximum atomic E-state index is 12.5. The van der Waals surface area contributed by atoms with Gasteiger partial charge in [-0.2, -0.15) is 13.2 Å². The number of aliphatic hydroxyl groups is 1. The van der Waals surface area contributed by atoms with Crippen molar-refractivity contribution in [1.29, 1.82) is 0 Å². The van der Waals surface area contributed by atoms with E-state index in [1.54, 1.807) is 6.07 Å². The predicted octanol–water partition coefficient (Wildman–Crippen LogP) is 3.32. The van der Waals surface area contributed by atoms with Gasteiger partial charge in [0, 0.05) is 24.3 Å². The van der Waals surface area contributed by atoms with Gasteiger partial charge < -0.3 is 15.7 Å². The lowest BCUT2D eigenvalue weighted by molar-refractivity contribution is -0.127. The molecule has 3 N–H and O–H groups in total. The first-order valence-corrected chi connectivity index (χ1v) is 8.20. The van der Waals surface area contributed by atoms with Crippen LogP contribution in [0.5, 0.6) is 0 Å². The molecule has 2 amide bonds. The van der Waals surface area contributed by atoms with Crippen LogP contribution in [0, 0.1) is 17.8 Å². The Kier molecular flexibility index (Phi) is 4.71. The summed E-state index contributed by atoms with van der Waals surface area (Å²) in [7, 11) is 0. The van der Waals surface area contributed by atoms with Gasteiger partial charge in [0.2, 0.25) is 0 Å². The molecule has 2 saturated carbocycles. The van der Waals surface area contributed by atoms with Crippen LogP contribution in [0.25, 0.3) is 0 Å². The summed E-state index contributed by atoms with van der Waals surface area (Å²) < 4.78 is 37.4. The molecule has 1 aromatic carbocycles. The van der Waals surface area contributed by atoms with E-state index in [9.17, 15) is 23.1 Å². The fraction of sp³-hybridized carbons (Fsp3) is 0.588. The van der Waals surface area contributed by atoms with Crippen LogP contribution in [0.2, 0.25) is 0 Å². The van der Waals surface area contributed by atoms with Gasteiger partial charge in [-0.15, -0.1) is 0 Å². The highest BCUT2D eigenvalue weighted by atomic mass is 19.4. The van der Waals surface area contributed by atoms with E-state index in [0.29, 0.717) is 17.5 Å². The number of amides is 2. The van der Waals surface area contributed by atoms with Gasteiger partial charge in [-0.05, 0) is 48.8 Å². The molecule has 0 radical (unpaired) electrons. The molecule has 132 valence electrons. The molecular formula is C17H21F3N2O2. The summed E-state index contributed by atoms with van der Waals surface area (Å²) in [5, 5.41) is 15.0. The monoisotopic (exact) mass is 342 g/mol. The summed E-state index contributed by atoms with van der Waals surface area (Å²) in [6.45, 7) is 0.0488. The smallest absolute Gasteiger partial charge is 0.393 e. The Bertz CT molecular complexity index is 606. The topological polar surface area (TPSA) is 61.4 Å². The number of hydrogen-bond acceptors (Lipinski definition) is 2. The SMILES string of the molecule is O=C(Nc1cccc(CC(F)(F)F)c1)NC1C2CCC(C2)C1CO. The summed E-state index contributed by atoms with van der Waals surface area (Å²) >= 11 is 0. The first-order valence-electron chi connectivity index (χ1n) is 8.20. The molecule has 0 heterocycles. The highest BCUT2D eigenvalue weighted by Gasteiger charge is 2.47. The van der Waals surface area contributed by atoms with Gasteiger partial charge in [0.25, 0.3) is 0 Å². The number of nitrogens with one attached hydrogen (secondary N) is 2. The van der Waals surface area contributed by atoms with Gasteiger partial charge in [-0.25, -0.2) is 4.79 Å². The van der Waals surface area contributed by atoms with Crippen LogP contribution in [0.1, 0.15) is 24.8 Å². The highest BCUT2D eigenvalue weighted by Crippen LogP contribution is 2.48. The third kappa shape index (κ3) is 3.83. The molecule has 0 spiro atoms. The maximum absolute atomic E-state index is 12.5. The fourth-order valence-corrected chi connectivity index (χ4v) is 4.21. The van der Waals surface area contributed by atoms with E-state index in [1.165, 1.54) is 18.2 Å². The van der Waals surface area contributed by atoms with Crippen molar-refractivity contribution in [2.75, 3.05) is 11.9 Å². The molecule has 4 atom stereocenters. The lowest BCUT2D eigenvalue weighted by atomic mass is 9.85. The highest BCUT2D eigenvalue weighted by molar-refractivity contribution is 5.89. The molecular weight excluding hydrogens is 321 g/mol. The number of fused-ring (bicyclic) bond motifs is 2. The second-order valence-corrected chi connectivity index (χ2v) is 6.80. The van der Waals surface area contributed by atoms with E-state index >= 15 is 0 Å². The lowest BCUT2D eigenvalue weighted by Gasteiger charge is -2.30. The van der Waals surface area contributed by atoms with Gasteiger partial charge in [0.05, 0.1) is 6.42 Å². The van der Waals surface area contributed by atoms with Crippen molar-refractivity contribution in [3.63, 3.8) is 0 Å². The van der Waals surface area contributed by atoms with E-state index in [2.05, 4.69) is 10.6 Å². The number of rotatable bonds is 4. The molecule has 24 heavy (non-hydrogen) atoms. The molecule has 2 fully saturated rings. The summed E-state index contributed by atoms with van der Waals surface area (Å²) in [5.41, 5.74) is 0.436. The molecule has 4 nitrogen and oxygen atoms in total. The van der Waals surface area contributed by atoms with Crippen molar-refractivity contribution in [1.82, 2.24) is 5.32 Å². The molecule has 1 aromatic rings. The number of anilines is 1. The van der Waals surface area contributed by atoms with E-state index in [0.717, 1.165) is 19.3 Å². The van der Waals surface area contributed by atoms with Crippen LogP contribution in [0.4, 0.5) is 23.7 Å². The van der Waals surface area contributed by atoms with Crippen molar-refractivity contribution < 1.29 is 23.1 Å². The largest absolute Gasteiger partial charge is 0.396 e. The van der Waals surface area contributed by atoms with Gasteiger partial charge in [-0.1, -0.05) is 12.1 Å².